The van der Waals surface area contributed by atoms with Gasteiger partial charge in [0.1, 0.15) is 0 Å². The molecule has 0 heterocycles. The van der Waals surface area contributed by atoms with Gasteiger partial charge in [-0.3, -0.25) is 9.52 Å². The van der Waals surface area contributed by atoms with E-state index in [-0.39, 0.29) is 21.2 Å². The van der Waals surface area contributed by atoms with Crippen molar-refractivity contribution in [2.24, 2.45) is 5.10 Å². The average Bonchev–Trinajstić information content (AvgIpc) is 2.71. The maximum Gasteiger partial charge on any atom is 0.271 e. The van der Waals surface area contributed by atoms with E-state index in [1.165, 1.54) is 30.5 Å². The van der Waals surface area contributed by atoms with Crippen molar-refractivity contribution in [3.8, 4) is 0 Å². The van der Waals surface area contributed by atoms with E-state index < -0.39 is 15.9 Å². The lowest BCUT2D eigenvalue weighted by atomic mass is 10.2. The third kappa shape index (κ3) is 5.66. The Balaban J connectivity index is 1.73. The van der Waals surface area contributed by atoms with Gasteiger partial charge >= 0.3 is 0 Å². The fraction of sp³-hybridized carbons (Fsp3) is 0. The number of benzene rings is 3. The number of hydrogen-bond acceptors (Lipinski definition) is 4. The van der Waals surface area contributed by atoms with E-state index in [9.17, 15) is 13.2 Å². The molecule has 0 aliphatic rings. The van der Waals surface area contributed by atoms with E-state index in [2.05, 4.69) is 31.2 Å². The van der Waals surface area contributed by atoms with Crippen molar-refractivity contribution >= 4 is 55.4 Å². The number of nitrogens with one attached hydrogen (secondary N) is 2. The number of sulfonamides is 1. The van der Waals surface area contributed by atoms with Crippen molar-refractivity contribution in [2.75, 3.05) is 4.72 Å². The molecule has 3 aromatic rings. The Kier molecular flexibility index (Phi) is 6.68. The molecule has 6 nitrogen and oxygen atoms in total. The molecular weight excluding hydrogens is 478 g/mol. The van der Waals surface area contributed by atoms with E-state index in [4.69, 9.17) is 11.6 Å². The number of halogens is 2. The second kappa shape index (κ2) is 9.21. The predicted octanol–water partition coefficient (Wildman–Crippen LogP) is 4.67. The second-order valence-corrected chi connectivity index (χ2v) is 8.87. The van der Waals surface area contributed by atoms with Gasteiger partial charge in [-0.15, -0.1) is 0 Å². The Bertz CT molecular complexity index is 1170. The summed E-state index contributed by atoms with van der Waals surface area (Å²) in [6, 6.07) is 19.5. The number of hydrogen-bond donors (Lipinski definition) is 2. The SMILES string of the molecule is O=C(N/N=C\c1ccc(Br)cc1)c1cccc(S(=O)(=O)Nc2ccccc2Cl)c1. The first-order chi connectivity index (χ1) is 13.8. The summed E-state index contributed by atoms with van der Waals surface area (Å²) in [6.07, 6.45) is 1.49. The summed E-state index contributed by atoms with van der Waals surface area (Å²) in [5, 5.41) is 4.17. The number of amides is 1. The first-order valence-corrected chi connectivity index (χ1v) is 11.0. The summed E-state index contributed by atoms with van der Waals surface area (Å²) in [5.74, 6) is -0.534. The van der Waals surface area contributed by atoms with Crippen LogP contribution in [0.15, 0.2) is 87.3 Å². The van der Waals surface area contributed by atoms with Gasteiger partial charge in [-0.1, -0.05) is 57.9 Å². The van der Waals surface area contributed by atoms with Crippen molar-refractivity contribution in [1.82, 2.24) is 5.43 Å². The molecule has 1 amide bonds. The van der Waals surface area contributed by atoms with Crippen LogP contribution in [0.3, 0.4) is 0 Å². The molecule has 0 atom stereocenters. The zero-order valence-electron chi connectivity index (χ0n) is 14.8. The highest BCUT2D eigenvalue weighted by Crippen LogP contribution is 2.24. The minimum atomic E-state index is -3.92. The van der Waals surface area contributed by atoms with E-state index in [1.807, 2.05) is 24.3 Å². The zero-order valence-corrected chi connectivity index (χ0v) is 18.0. The fourth-order valence-electron chi connectivity index (χ4n) is 2.33. The van der Waals surface area contributed by atoms with Gasteiger partial charge in [0.05, 0.1) is 21.8 Å². The van der Waals surface area contributed by atoms with Gasteiger partial charge in [-0.25, -0.2) is 13.8 Å². The van der Waals surface area contributed by atoms with Gasteiger partial charge < -0.3 is 0 Å². The number of carbonyl (C=O) groups excluding carboxylic acids is 1. The summed E-state index contributed by atoms with van der Waals surface area (Å²) >= 11 is 9.35. The van der Waals surface area contributed by atoms with Gasteiger partial charge in [0.15, 0.2) is 0 Å². The molecule has 2 N–H and O–H groups in total. The summed E-state index contributed by atoms with van der Waals surface area (Å²) in [7, 11) is -3.92. The van der Waals surface area contributed by atoms with Crippen LogP contribution in [0.4, 0.5) is 5.69 Å². The smallest absolute Gasteiger partial charge is 0.271 e. The third-order valence-electron chi connectivity index (χ3n) is 3.77. The van der Waals surface area contributed by atoms with Gasteiger partial charge in [0.25, 0.3) is 15.9 Å². The molecule has 9 heteroatoms. The molecular formula is C20H15BrClN3O3S. The Morgan fingerprint density at radius 3 is 2.45 bits per heavy atom. The highest BCUT2D eigenvalue weighted by atomic mass is 79.9. The quantitative estimate of drug-likeness (QED) is 0.387. The topological polar surface area (TPSA) is 87.6 Å². The van der Waals surface area contributed by atoms with Crippen LogP contribution in [-0.2, 0) is 10.0 Å². The summed E-state index contributed by atoms with van der Waals surface area (Å²) in [4.78, 5) is 12.2. The normalized spacial score (nSPS) is 11.4. The van der Waals surface area contributed by atoms with Crippen LogP contribution in [0.2, 0.25) is 5.02 Å². The molecule has 0 spiro atoms. The predicted molar refractivity (Wildman–Crippen MR) is 118 cm³/mol. The van der Waals surface area contributed by atoms with Gasteiger partial charge in [-0.05, 0) is 48.0 Å². The maximum absolute atomic E-state index is 12.6. The summed E-state index contributed by atoms with van der Waals surface area (Å²) < 4.78 is 28.6. The molecule has 0 saturated carbocycles. The lowest BCUT2D eigenvalue weighted by molar-refractivity contribution is 0.0955. The molecule has 0 unspecified atom stereocenters. The van der Waals surface area contributed by atoms with Crippen LogP contribution in [0.5, 0.6) is 0 Å². The molecule has 0 aliphatic carbocycles. The van der Waals surface area contributed by atoms with Crippen molar-refractivity contribution in [3.63, 3.8) is 0 Å². The van der Waals surface area contributed by atoms with Gasteiger partial charge in [-0.2, -0.15) is 5.10 Å². The molecule has 3 aromatic carbocycles. The first-order valence-electron chi connectivity index (χ1n) is 8.31. The molecule has 0 aliphatic heterocycles. The average molecular weight is 493 g/mol. The monoisotopic (exact) mass is 491 g/mol. The molecule has 0 fully saturated rings. The lowest BCUT2D eigenvalue weighted by Crippen LogP contribution is -2.19. The molecule has 148 valence electrons. The lowest BCUT2D eigenvalue weighted by Gasteiger charge is -2.10. The number of rotatable bonds is 6. The van der Waals surface area contributed by atoms with Crippen LogP contribution in [0.1, 0.15) is 15.9 Å². The largest absolute Gasteiger partial charge is 0.278 e. The molecule has 29 heavy (non-hydrogen) atoms. The maximum atomic E-state index is 12.6. The number of anilines is 1. The van der Waals surface area contributed by atoms with Crippen molar-refractivity contribution in [2.45, 2.75) is 4.90 Å². The van der Waals surface area contributed by atoms with Crippen LogP contribution in [-0.4, -0.2) is 20.5 Å². The Labute approximate surface area is 181 Å². The highest BCUT2D eigenvalue weighted by molar-refractivity contribution is 9.10. The van der Waals surface area contributed by atoms with Gasteiger partial charge in [0.2, 0.25) is 0 Å². The molecule has 0 aromatic heterocycles. The minimum Gasteiger partial charge on any atom is -0.278 e. The fourth-order valence-corrected chi connectivity index (χ4v) is 3.96. The number of para-hydroxylation sites is 1. The second-order valence-electron chi connectivity index (χ2n) is 5.86. The van der Waals surface area contributed by atoms with Crippen LogP contribution in [0.25, 0.3) is 0 Å². The third-order valence-corrected chi connectivity index (χ3v) is 6.00. The van der Waals surface area contributed by atoms with Crippen molar-refractivity contribution in [3.05, 3.63) is 93.4 Å². The van der Waals surface area contributed by atoms with Crippen LogP contribution in [0, 0.1) is 0 Å². The van der Waals surface area contributed by atoms with E-state index in [1.54, 1.807) is 24.3 Å². The Morgan fingerprint density at radius 2 is 1.72 bits per heavy atom. The van der Waals surface area contributed by atoms with Crippen molar-refractivity contribution < 1.29 is 13.2 Å². The molecule has 0 saturated heterocycles. The Hall–Kier alpha value is -2.68. The highest BCUT2D eigenvalue weighted by Gasteiger charge is 2.17. The van der Waals surface area contributed by atoms with E-state index in [0.29, 0.717) is 0 Å². The standard InChI is InChI=1S/C20H15BrClN3O3S/c21-16-10-8-14(9-11-16)13-23-24-20(26)15-4-3-5-17(12-15)29(27,28)25-19-7-2-1-6-18(19)22/h1-13,25H,(H,24,26)/b23-13-. The Morgan fingerprint density at radius 1 is 1.00 bits per heavy atom. The van der Waals surface area contributed by atoms with Crippen LogP contribution < -0.4 is 10.1 Å². The summed E-state index contributed by atoms with van der Waals surface area (Å²) in [6.45, 7) is 0. The van der Waals surface area contributed by atoms with E-state index in [0.717, 1.165) is 10.0 Å². The minimum absolute atomic E-state index is 0.0676. The molecule has 0 bridgehead atoms. The van der Waals surface area contributed by atoms with Gasteiger partial charge in [0, 0.05) is 10.0 Å². The number of hydrazone groups is 1. The number of carbonyl (C=O) groups is 1. The molecule has 3 rings (SSSR count). The zero-order chi connectivity index (χ0) is 20.9. The number of nitrogens with zero attached hydrogens (tertiary/aromatic N) is 1. The van der Waals surface area contributed by atoms with Crippen molar-refractivity contribution in [1.29, 1.82) is 0 Å². The first kappa shape index (κ1) is 21.0. The summed E-state index contributed by atoms with van der Waals surface area (Å²) in [5.41, 5.74) is 3.59. The van der Waals surface area contributed by atoms with E-state index >= 15 is 0 Å². The van der Waals surface area contributed by atoms with Crippen LogP contribution >= 0.6 is 27.5 Å². The molecule has 0 radical (unpaired) electrons.